The smallest absolute Gasteiger partial charge is 0.306 e. The van der Waals surface area contributed by atoms with Crippen LogP contribution in [0.4, 0.5) is 0 Å². The number of hydrogen-bond donors (Lipinski definition) is 2. The van der Waals surface area contributed by atoms with Gasteiger partial charge in [0.25, 0.3) is 0 Å². The minimum absolute atomic E-state index is 0.123. The highest BCUT2D eigenvalue weighted by molar-refractivity contribution is 7.99. The van der Waals surface area contributed by atoms with Crippen molar-refractivity contribution in [3.05, 3.63) is 112 Å². The number of halogens is 1. The molecule has 0 aliphatic heterocycles. The Morgan fingerprint density at radius 1 is 1.05 bits per heavy atom. The molecule has 1 saturated carbocycles. The van der Waals surface area contributed by atoms with Gasteiger partial charge in [-0.2, -0.15) is 11.8 Å². The first-order chi connectivity index (χ1) is 20.0. The maximum Gasteiger partial charge on any atom is 0.306 e. The highest BCUT2D eigenvalue weighted by Crippen LogP contribution is 2.56. The van der Waals surface area contributed by atoms with Crippen LogP contribution in [0.2, 0.25) is 5.02 Å². The number of thioether (sulfide) groups is 1. The van der Waals surface area contributed by atoms with Gasteiger partial charge in [0.2, 0.25) is 0 Å². The van der Waals surface area contributed by atoms with Gasteiger partial charge in [0.1, 0.15) is 0 Å². The van der Waals surface area contributed by atoms with Gasteiger partial charge >= 0.3 is 5.97 Å². The Kier molecular flexibility index (Phi) is 9.12. The first-order valence-electron chi connectivity index (χ1n) is 14.5. The molecule has 4 aromatic rings. The first-order valence-corrected chi connectivity index (χ1v) is 16.0. The number of hydrogen-bond acceptors (Lipinski definition) is 4. The van der Waals surface area contributed by atoms with Crippen LogP contribution in [0, 0.1) is 11.3 Å². The monoisotopic (exact) mass is 599 g/mol. The highest BCUT2D eigenvalue weighted by Gasteiger charge is 2.50. The van der Waals surface area contributed by atoms with E-state index in [0.717, 1.165) is 64.7 Å². The summed E-state index contributed by atoms with van der Waals surface area (Å²) in [5, 5.41) is 22.4. The molecule has 1 heterocycles. The SMILES string of the molecule is C[C@@H](C(=O)O)C1(CSC(CCc2ccccc2C(C)(C)O)c2cccc(/C=C/c3ccc4ccc(Cl)cc4n3)c2)CC1. The van der Waals surface area contributed by atoms with Crippen LogP contribution in [0.25, 0.3) is 23.1 Å². The van der Waals surface area contributed by atoms with Crippen LogP contribution in [0.1, 0.15) is 73.2 Å². The van der Waals surface area contributed by atoms with Crippen LogP contribution in [-0.4, -0.2) is 26.9 Å². The van der Waals surface area contributed by atoms with Gasteiger partial charge < -0.3 is 10.2 Å². The number of aryl methyl sites for hydroxylation is 1. The van der Waals surface area contributed by atoms with Crippen molar-refractivity contribution in [3.8, 4) is 0 Å². The van der Waals surface area contributed by atoms with Gasteiger partial charge in [0, 0.05) is 21.4 Å². The number of rotatable bonds is 12. The number of carboxylic acids is 1. The minimum Gasteiger partial charge on any atom is -0.481 e. The molecule has 42 heavy (non-hydrogen) atoms. The van der Waals surface area contributed by atoms with Gasteiger partial charge in [-0.15, -0.1) is 0 Å². The van der Waals surface area contributed by atoms with Gasteiger partial charge in [0.15, 0.2) is 0 Å². The number of carboxylic acid groups (broad SMARTS) is 1. The number of benzene rings is 3. The van der Waals surface area contributed by atoms with Crippen molar-refractivity contribution in [2.75, 3.05) is 5.75 Å². The second-order valence-corrected chi connectivity index (χ2v) is 13.7. The van der Waals surface area contributed by atoms with Gasteiger partial charge in [-0.05, 0) is 91.5 Å². The molecule has 1 aliphatic rings. The van der Waals surface area contributed by atoms with Crippen molar-refractivity contribution in [3.63, 3.8) is 0 Å². The van der Waals surface area contributed by atoms with Gasteiger partial charge in [0.05, 0.1) is 22.7 Å². The Morgan fingerprint density at radius 3 is 2.55 bits per heavy atom. The summed E-state index contributed by atoms with van der Waals surface area (Å²) >= 11 is 8.05. The summed E-state index contributed by atoms with van der Waals surface area (Å²) in [6.07, 6.45) is 7.75. The molecule has 218 valence electrons. The molecular weight excluding hydrogens is 562 g/mol. The number of aliphatic hydroxyl groups is 1. The number of pyridine rings is 1. The standard InChI is InChI=1S/C36H38ClNO3S/c1-24(34(39)40)36(19-20-36)23-42-33(18-14-26-8-4-5-10-31(26)35(2,3)41)28-9-6-7-25(21-28)11-16-30-17-13-27-12-15-29(37)22-32(27)38-30/h4-13,15-17,21-22,24,33,41H,14,18-20,23H2,1-3H3,(H,39,40)/b16-11+/t24-,33?/m0/s1. The van der Waals surface area contributed by atoms with Crippen molar-refractivity contribution in [2.45, 2.75) is 57.3 Å². The third kappa shape index (κ3) is 7.26. The van der Waals surface area contributed by atoms with Crippen LogP contribution in [0.15, 0.2) is 78.9 Å². The molecule has 1 aromatic heterocycles. The third-order valence-electron chi connectivity index (χ3n) is 8.51. The molecule has 0 radical (unpaired) electrons. The number of carbonyl (C=O) groups is 1. The average molecular weight is 600 g/mol. The van der Waals surface area contributed by atoms with E-state index in [1.165, 1.54) is 5.56 Å². The molecule has 0 amide bonds. The molecule has 0 saturated heterocycles. The fourth-order valence-electron chi connectivity index (χ4n) is 5.60. The Balaban J connectivity index is 1.38. The molecule has 0 spiro atoms. The zero-order valence-corrected chi connectivity index (χ0v) is 26.0. The molecule has 0 bridgehead atoms. The lowest BCUT2D eigenvalue weighted by molar-refractivity contribution is -0.143. The summed E-state index contributed by atoms with van der Waals surface area (Å²) in [6, 6.07) is 26.5. The van der Waals surface area contributed by atoms with Gasteiger partial charge in [-0.1, -0.05) is 85.3 Å². The Labute approximate surface area is 257 Å². The van der Waals surface area contributed by atoms with Crippen molar-refractivity contribution in [2.24, 2.45) is 11.3 Å². The molecule has 1 aliphatic carbocycles. The molecule has 2 atom stereocenters. The van der Waals surface area contributed by atoms with Crippen molar-refractivity contribution in [1.82, 2.24) is 4.98 Å². The fourth-order valence-corrected chi connectivity index (χ4v) is 7.46. The topological polar surface area (TPSA) is 70.4 Å². The molecule has 4 nitrogen and oxygen atoms in total. The number of nitrogens with zero attached hydrogens (tertiary/aromatic N) is 1. The van der Waals surface area contributed by atoms with Crippen molar-refractivity contribution < 1.29 is 15.0 Å². The molecule has 3 aromatic carbocycles. The third-order valence-corrected chi connectivity index (χ3v) is 10.4. The van der Waals surface area contributed by atoms with E-state index >= 15 is 0 Å². The number of aromatic nitrogens is 1. The normalized spacial score (nSPS) is 16.0. The summed E-state index contributed by atoms with van der Waals surface area (Å²) in [5.74, 6) is -0.234. The second-order valence-electron chi connectivity index (χ2n) is 12.1. The van der Waals surface area contributed by atoms with Crippen molar-refractivity contribution >= 4 is 52.4 Å². The number of fused-ring (bicyclic) bond motifs is 1. The van der Waals surface area contributed by atoms with Gasteiger partial charge in [-0.25, -0.2) is 4.98 Å². The maximum absolute atomic E-state index is 11.8. The number of aliphatic carboxylic acids is 1. The fraction of sp³-hybridized carbons (Fsp3) is 0.333. The summed E-state index contributed by atoms with van der Waals surface area (Å²) in [7, 11) is 0. The maximum atomic E-state index is 11.8. The first kappa shape index (κ1) is 30.3. The predicted molar refractivity (Wildman–Crippen MR) is 176 cm³/mol. The lowest BCUT2D eigenvalue weighted by Crippen LogP contribution is -2.24. The molecule has 1 fully saturated rings. The molecular formula is C36H38ClNO3S. The Hall–Kier alpha value is -3.12. The lowest BCUT2D eigenvalue weighted by atomic mass is 9.90. The summed E-state index contributed by atoms with van der Waals surface area (Å²) < 4.78 is 0. The Bertz CT molecular complexity index is 1610. The second kappa shape index (κ2) is 12.6. The zero-order valence-electron chi connectivity index (χ0n) is 24.4. The van der Waals surface area contributed by atoms with E-state index in [9.17, 15) is 15.0 Å². The van der Waals surface area contributed by atoms with Crippen LogP contribution >= 0.6 is 23.4 Å². The van der Waals surface area contributed by atoms with E-state index in [2.05, 4.69) is 42.5 Å². The van der Waals surface area contributed by atoms with Gasteiger partial charge in [-0.3, -0.25) is 4.79 Å². The van der Waals surface area contributed by atoms with E-state index < -0.39 is 11.6 Å². The van der Waals surface area contributed by atoms with E-state index in [0.29, 0.717) is 5.02 Å². The largest absolute Gasteiger partial charge is 0.481 e. The zero-order chi connectivity index (χ0) is 29.9. The molecule has 2 N–H and O–H groups in total. The molecule has 6 heteroatoms. The minimum atomic E-state index is -0.916. The van der Waals surface area contributed by atoms with Crippen molar-refractivity contribution in [1.29, 1.82) is 0 Å². The highest BCUT2D eigenvalue weighted by atomic mass is 35.5. The predicted octanol–water partition coefficient (Wildman–Crippen LogP) is 9.19. The molecule has 1 unspecified atom stereocenters. The van der Waals surface area contributed by atoms with E-state index in [4.69, 9.17) is 16.6 Å². The van der Waals surface area contributed by atoms with E-state index in [1.807, 2.05) is 81.1 Å². The summed E-state index contributed by atoms with van der Waals surface area (Å²) in [4.78, 5) is 16.6. The van der Waals surface area contributed by atoms with Crippen LogP contribution in [0.5, 0.6) is 0 Å². The van der Waals surface area contributed by atoms with E-state index in [1.54, 1.807) is 0 Å². The van der Waals surface area contributed by atoms with Crippen LogP contribution < -0.4 is 0 Å². The summed E-state index contributed by atoms with van der Waals surface area (Å²) in [6.45, 7) is 5.51. The lowest BCUT2D eigenvalue weighted by Gasteiger charge is -2.25. The average Bonchev–Trinajstić information content (AvgIpc) is 3.76. The Morgan fingerprint density at radius 2 is 1.81 bits per heavy atom. The summed E-state index contributed by atoms with van der Waals surface area (Å²) in [5.41, 5.74) is 5.10. The van der Waals surface area contributed by atoms with Crippen LogP contribution in [0.3, 0.4) is 0 Å². The quantitative estimate of drug-likeness (QED) is 0.170. The van der Waals surface area contributed by atoms with Crippen LogP contribution in [-0.2, 0) is 16.8 Å². The molecule has 5 rings (SSSR count). The van der Waals surface area contributed by atoms with E-state index in [-0.39, 0.29) is 16.6 Å².